The normalized spacial score (nSPS) is 25.0. The zero-order valence-electron chi connectivity index (χ0n) is 20.8. The van der Waals surface area contributed by atoms with Crippen LogP contribution < -0.4 is 10.1 Å². The van der Waals surface area contributed by atoms with Gasteiger partial charge in [0, 0.05) is 71.0 Å². The van der Waals surface area contributed by atoms with E-state index in [0.717, 1.165) is 0 Å². The van der Waals surface area contributed by atoms with Crippen LogP contribution in [0.5, 0.6) is 5.75 Å². The first-order valence-corrected chi connectivity index (χ1v) is 11.9. The minimum Gasteiger partial charge on any atom is -0.491 e. The molecule has 0 aromatic heterocycles. The van der Waals surface area contributed by atoms with Gasteiger partial charge in [-0.3, -0.25) is 14.4 Å². The van der Waals surface area contributed by atoms with Gasteiger partial charge in [-0.05, 0) is 31.9 Å². The Morgan fingerprint density at radius 2 is 1.85 bits per heavy atom. The van der Waals surface area contributed by atoms with Gasteiger partial charge in [0.1, 0.15) is 12.4 Å². The van der Waals surface area contributed by atoms with Gasteiger partial charge in [0.2, 0.25) is 11.8 Å². The lowest BCUT2D eigenvalue weighted by Crippen LogP contribution is -2.50. The predicted molar refractivity (Wildman–Crippen MR) is 128 cm³/mol. The molecule has 0 aliphatic carbocycles. The zero-order chi connectivity index (χ0) is 24.8. The van der Waals surface area contributed by atoms with Gasteiger partial charge in [-0.1, -0.05) is 6.92 Å². The number of hydrogen-bond acceptors (Lipinski definition) is 6. The van der Waals surface area contributed by atoms with Crippen molar-refractivity contribution in [3.8, 4) is 5.75 Å². The maximum Gasteiger partial charge on any atom is 0.257 e. The third-order valence-electron chi connectivity index (χ3n) is 6.62. The summed E-state index contributed by atoms with van der Waals surface area (Å²) in [5.74, 6) is 0.00983. The second-order valence-corrected chi connectivity index (χ2v) is 9.37. The molecule has 1 aromatic rings. The summed E-state index contributed by atoms with van der Waals surface area (Å²) in [6.45, 7) is 7.71. The molecule has 0 unspecified atom stereocenters. The fourth-order valence-electron chi connectivity index (χ4n) is 4.54. The van der Waals surface area contributed by atoms with Crippen molar-refractivity contribution < 1.29 is 28.6 Å². The summed E-state index contributed by atoms with van der Waals surface area (Å²) in [4.78, 5) is 41.8. The summed E-state index contributed by atoms with van der Waals surface area (Å²) in [6.07, 6.45) is 1.18. The first kappa shape index (κ1) is 26.0. The molecule has 34 heavy (non-hydrogen) atoms. The van der Waals surface area contributed by atoms with Crippen molar-refractivity contribution in [1.82, 2.24) is 9.80 Å². The Morgan fingerprint density at radius 1 is 1.15 bits per heavy atom. The number of amides is 3. The monoisotopic (exact) mass is 475 g/mol. The number of nitrogens with zero attached hydrogens (tertiary/aromatic N) is 2. The number of fused-ring (bicyclic) bond motifs is 1. The molecule has 3 amide bonds. The summed E-state index contributed by atoms with van der Waals surface area (Å²) in [6, 6.07) is 4.77. The average Bonchev–Trinajstić information content (AvgIpc) is 2.82. The number of nitrogens with one attached hydrogen (secondary N) is 1. The van der Waals surface area contributed by atoms with Gasteiger partial charge >= 0.3 is 0 Å². The van der Waals surface area contributed by atoms with Crippen LogP contribution >= 0.6 is 0 Å². The lowest BCUT2D eigenvalue weighted by molar-refractivity contribution is -0.143. The number of carbonyl (C=O) groups is 3. The van der Waals surface area contributed by atoms with Crippen molar-refractivity contribution in [3.63, 3.8) is 0 Å². The molecule has 1 fully saturated rings. The minimum atomic E-state index is -0.242. The van der Waals surface area contributed by atoms with Crippen LogP contribution in [0.4, 0.5) is 5.69 Å². The fourth-order valence-corrected chi connectivity index (χ4v) is 4.54. The Bertz CT molecular complexity index is 885. The zero-order valence-corrected chi connectivity index (χ0v) is 20.8. The highest BCUT2D eigenvalue weighted by Gasteiger charge is 2.33. The molecular formula is C25H37N3O6. The Kier molecular flexibility index (Phi) is 8.90. The molecule has 9 heteroatoms. The van der Waals surface area contributed by atoms with E-state index >= 15 is 0 Å². The van der Waals surface area contributed by atoms with Crippen molar-refractivity contribution >= 4 is 23.4 Å². The van der Waals surface area contributed by atoms with Crippen LogP contribution in [-0.4, -0.2) is 86.7 Å². The average molecular weight is 476 g/mol. The largest absolute Gasteiger partial charge is 0.491 e. The van der Waals surface area contributed by atoms with Gasteiger partial charge in [0.05, 0.1) is 17.7 Å². The second-order valence-electron chi connectivity index (χ2n) is 9.37. The highest BCUT2D eigenvalue weighted by Crippen LogP contribution is 2.28. The van der Waals surface area contributed by atoms with E-state index in [4.69, 9.17) is 14.2 Å². The van der Waals surface area contributed by atoms with Crippen molar-refractivity contribution in [2.45, 2.75) is 45.8 Å². The van der Waals surface area contributed by atoms with Crippen molar-refractivity contribution in [3.05, 3.63) is 23.8 Å². The number of rotatable bonds is 3. The first-order valence-electron chi connectivity index (χ1n) is 11.9. The van der Waals surface area contributed by atoms with Crippen molar-refractivity contribution in [1.29, 1.82) is 0 Å². The molecule has 2 heterocycles. The molecule has 0 spiro atoms. The molecule has 1 aromatic carbocycles. The van der Waals surface area contributed by atoms with E-state index < -0.39 is 0 Å². The summed E-state index contributed by atoms with van der Waals surface area (Å²) in [5, 5.41) is 2.73. The molecule has 3 atom stereocenters. The van der Waals surface area contributed by atoms with E-state index in [1.807, 2.05) is 18.7 Å². The molecule has 0 bridgehead atoms. The van der Waals surface area contributed by atoms with E-state index in [-0.39, 0.29) is 48.3 Å². The minimum absolute atomic E-state index is 0.00697. The maximum absolute atomic E-state index is 13.5. The highest BCUT2D eigenvalue weighted by atomic mass is 16.5. The lowest BCUT2D eigenvalue weighted by Gasteiger charge is -2.38. The van der Waals surface area contributed by atoms with Gasteiger partial charge in [-0.15, -0.1) is 0 Å². The first-order chi connectivity index (χ1) is 16.2. The van der Waals surface area contributed by atoms with Gasteiger partial charge < -0.3 is 29.3 Å². The smallest absolute Gasteiger partial charge is 0.257 e. The molecule has 2 aliphatic heterocycles. The Hall–Kier alpha value is -2.65. The summed E-state index contributed by atoms with van der Waals surface area (Å²) in [7, 11) is 3.36. The van der Waals surface area contributed by atoms with Crippen molar-refractivity contribution in [2.75, 3.05) is 52.4 Å². The molecular weight excluding hydrogens is 438 g/mol. The topological polar surface area (TPSA) is 97.4 Å². The summed E-state index contributed by atoms with van der Waals surface area (Å²) >= 11 is 0. The quantitative estimate of drug-likeness (QED) is 0.721. The Labute approximate surface area is 201 Å². The van der Waals surface area contributed by atoms with Gasteiger partial charge in [0.15, 0.2) is 0 Å². The Balaban J connectivity index is 1.94. The third kappa shape index (κ3) is 6.27. The van der Waals surface area contributed by atoms with Crippen LogP contribution in [0.2, 0.25) is 0 Å². The Morgan fingerprint density at radius 3 is 2.50 bits per heavy atom. The molecule has 1 saturated heterocycles. The van der Waals surface area contributed by atoms with Crippen molar-refractivity contribution in [2.24, 2.45) is 11.8 Å². The maximum atomic E-state index is 13.5. The molecule has 0 radical (unpaired) electrons. The SMILES string of the molecule is CO[C@@H]1CN(C)C(=O)c2ccc(NC(C)=O)cc2OC[C@@H](C)N(C(=O)C2CCOCC2)C[C@H]1C. The molecule has 1 N–H and O–H groups in total. The number of anilines is 1. The lowest BCUT2D eigenvalue weighted by atomic mass is 9.95. The number of benzene rings is 1. The number of hydrogen-bond donors (Lipinski definition) is 1. The van der Waals surface area contributed by atoms with Gasteiger partial charge in [0.25, 0.3) is 5.91 Å². The highest BCUT2D eigenvalue weighted by molar-refractivity contribution is 5.98. The predicted octanol–water partition coefficient (Wildman–Crippen LogP) is 2.40. The molecule has 188 valence electrons. The van der Waals surface area contributed by atoms with Crippen LogP contribution in [0.15, 0.2) is 18.2 Å². The third-order valence-corrected chi connectivity index (χ3v) is 6.62. The van der Waals surface area contributed by atoms with E-state index in [9.17, 15) is 14.4 Å². The second kappa shape index (κ2) is 11.7. The summed E-state index contributed by atoms with van der Waals surface area (Å²) in [5.41, 5.74) is 0.939. The van der Waals surface area contributed by atoms with Crippen LogP contribution in [0.3, 0.4) is 0 Å². The molecule has 2 aliphatic rings. The van der Waals surface area contributed by atoms with Gasteiger partial charge in [-0.2, -0.15) is 0 Å². The van der Waals surface area contributed by atoms with Crippen LogP contribution in [0.25, 0.3) is 0 Å². The van der Waals surface area contributed by atoms with Crippen LogP contribution in [-0.2, 0) is 19.1 Å². The van der Waals surface area contributed by atoms with Gasteiger partial charge in [-0.25, -0.2) is 0 Å². The van der Waals surface area contributed by atoms with E-state index in [1.165, 1.54) is 6.92 Å². The van der Waals surface area contributed by atoms with E-state index in [2.05, 4.69) is 5.32 Å². The number of likely N-dealkylation sites (N-methyl/N-ethyl adjacent to an activating group) is 1. The van der Waals surface area contributed by atoms with E-state index in [1.54, 1.807) is 37.3 Å². The number of carbonyl (C=O) groups excluding carboxylic acids is 3. The fraction of sp³-hybridized carbons (Fsp3) is 0.640. The van der Waals surface area contributed by atoms with Crippen LogP contribution in [0, 0.1) is 11.8 Å². The number of methoxy groups -OCH3 is 1. The van der Waals surface area contributed by atoms with Crippen LogP contribution in [0.1, 0.15) is 44.0 Å². The standard InChI is InChI=1S/C25H37N3O6/c1-16-13-28(24(30)19-8-10-33-11-9-19)17(2)15-34-22-12-20(26-18(3)29)6-7-21(22)25(31)27(4)14-23(16)32-5/h6-7,12,16-17,19,23H,8-11,13-15H2,1-5H3,(H,26,29)/t16-,17-,23-/m1/s1. The van der Waals surface area contributed by atoms with E-state index in [0.29, 0.717) is 56.1 Å². The molecule has 9 nitrogen and oxygen atoms in total. The molecule has 3 rings (SSSR count). The summed E-state index contributed by atoms with van der Waals surface area (Å²) < 4.78 is 17.3. The number of ether oxygens (including phenoxy) is 3. The molecule has 0 saturated carbocycles.